The lowest BCUT2D eigenvalue weighted by molar-refractivity contribution is -0.156. The average Bonchev–Trinajstić information content (AvgIpc) is 2.17. The largest absolute Gasteiger partial charge is 0.394 e. The molecule has 0 fully saturated rings. The van der Waals surface area contributed by atoms with Gasteiger partial charge in [-0.3, -0.25) is 14.6 Å². The van der Waals surface area contributed by atoms with E-state index in [2.05, 4.69) is 9.72 Å². The molecule has 1 aromatic rings. The maximum absolute atomic E-state index is 9.81. The monoisotopic (exact) mass is 263 g/mol. The Kier molecular flexibility index (Phi) is 7.50. The van der Waals surface area contributed by atoms with Crippen LogP contribution in [-0.2, 0) is 14.3 Å². The van der Waals surface area contributed by atoms with E-state index in [0.717, 1.165) is 0 Å². The summed E-state index contributed by atoms with van der Waals surface area (Å²) in [5, 5.41) is 0. The van der Waals surface area contributed by atoms with Crippen LogP contribution in [-0.4, -0.2) is 16.9 Å². The van der Waals surface area contributed by atoms with Gasteiger partial charge in [-0.25, -0.2) is 0 Å². The molecule has 1 heterocycles. The molecule has 88 valence electrons. The molecule has 0 atom stereocenters. The normalized spacial score (nSPS) is 9.06. The first kappa shape index (κ1) is 14.9. The highest BCUT2D eigenvalue weighted by atomic mass is 35.5. The van der Waals surface area contributed by atoms with Crippen LogP contribution in [0.25, 0.3) is 0 Å². The molecule has 1 rings (SSSR count). The Bertz CT molecular complexity index is 329. The molecule has 0 aliphatic rings. The lowest BCUT2D eigenvalue weighted by Crippen LogP contribution is -2.03. The lowest BCUT2D eigenvalue weighted by Gasteiger charge is -1.95. The summed E-state index contributed by atoms with van der Waals surface area (Å²) < 4.78 is 3.97. The fourth-order valence-electron chi connectivity index (χ4n) is 0.707. The first-order chi connectivity index (χ1) is 7.43. The van der Waals surface area contributed by atoms with Gasteiger partial charge in [0.15, 0.2) is 0 Å². The SMILES string of the molecule is CC(=O)OC(C)=O.ClC(Cl)c1ccccn1. The van der Waals surface area contributed by atoms with Gasteiger partial charge in [0.1, 0.15) is 4.84 Å². The Morgan fingerprint density at radius 3 is 2.00 bits per heavy atom. The van der Waals surface area contributed by atoms with Crippen LogP contribution in [0.1, 0.15) is 24.4 Å². The average molecular weight is 264 g/mol. The molecule has 4 nitrogen and oxygen atoms in total. The maximum Gasteiger partial charge on any atom is 0.310 e. The van der Waals surface area contributed by atoms with Crippen molar-refractivity contribution in [2.75, 3.05) is 0 Å². The van der Waals surface area contributed by atoms with E-state index in [0.29, 0.717) is 5.69 Å². The van der Waals surface area contributed by atoms with E-state index < -0.39 is 16.8 Å². The number of alkyl halides is 2. The summed E-state index contributed by atoms with van der Waals surface area (Å²) in [5.41, 5.74) is 0.695. The Hall–Kier alpha value is -1.13. The molecule has 0 unspecified atom stereocenters. The number of rotatable bonds is 1. The van der Waals surface area contributed by atoms with Gasteiger partial charge in [-0.05, 0) is 12.1 Å². The molecule has 0 N–H and O–H groups in total. The van der Waals surface area contributed by atoms with Crippen LogP contribution in [0.2, 0.25) is 0 Å². The van der Waals surface area contributed by atoms with Crippen molar-refractivity contribution in [3.63, 3.8) is 0 Å². The Morgan fingerprint density at radius 2 is 1.81 bits per heavy atom. The second-order valence-corrected chi connectivity index (χ2v) is 3.74. The third-order valence-electron chi connectivity index (χ3n) is 1.20. The van der Waals surface area contributed by atoms with Crippen molar-refractivity contribution in [1.82, 2.24) is 4.98 Å². The van der Waals surface area contributed by atoms with Crippen molar-refractivity contribution in [2.24, 2.45) is 0 Å². The van der Waals surface area contributed by atoms with Crippen LogP contribution in [0.4, 0.5) is 0 Å². The molecule has 0 bridgehead atoms. The van der Waals surface area contributed by atoms with Gasteiger partial charge in [0.25, 0.3) is 0 Å². The summed E-state index contributed by atoms with van der Waals surface area (Å²) in [6.45, 7) is 2.36. The van der Waals surface area contributed by atoms with Crippen LogP contribution in [0.15, 0.2) is 24.4 Å². The molecule has 0 saturated carbocycles. The smallest absolute Gasteiger partial charge is 0.310 e. The summed E-state index contributed by atoms with van der Waals surface area (Å²) in [6, 6.07) is 5.45. The van der Waals surface area contributed by atoms with Gasteiger partial charge < -0.3 is 4.74 Å². The summed E-state index contributed by atoms with van der Waals surface area (Å²) in [7, 11) is 0. The molecule has 0 aromatic carbocycles. The van der Waals surface area contributed by atoms with Crippen molar-refractivity contribution >= 4 is 35.1 Å². The zero-order valence-corrected chi connectivity index (χ0v) is 10.3. The van der Waals surface area contributed by atoms with Crippen LogP contribution >= 0.6 is 23.2 Å². The molecule has 0 radical (unpaired) electrons. The molecule has 0 saturated heterocycles. The second kappa shape index (κ2) is 8.07. The van der Waals surface area contributed by atoms with E-state index in [1.54, 1.807) is 12.3 Å². The Balaban J connectivity index is 0.000000293. The number of pyridine rings is 1. The Morgan fingerprint density at radius 1 is 1.25 bits per heavy atom. The molecule has 0 aliphatic heterocycles. The van der Waals surface area contributed by atoms with Crippen LogP contribution in [0.3, 0.4) is 0 Å². The first-order valence-corrected chi connectivity index (χ1v) is 5.18. The Labute approximate surface area is 104 Å². The van der Waals surface area contributed by atoms with Gasteiger partial charge in [-0.1, -0.05) is 29.3 Å². The third-order valence-corrected chi connectivity index (χ3v) is 1.65. The van der Waals surface area contributed by atoms with Crippen LogP contribution < -0.4 is 0 Å². The number of aromatic nitrogens is 1. The highest BCUT2D eigenvalue weighted by Crippen LogP contribution is 2.21. The van der Waals surface area contributed by atoms with E-state index in [-0.39, 0.29) is 0 Å². The minimum Gasteiger partial charge on any atom is -0.394 e. The number of esters is 2. The van der Waals surface area contributed by atoms with Gasteiger partial charge in [0, 0.05) is 20.0 Å². The van der Waals surface area contributed by atoms with Gasteiger partial charge in [0.05, 0.1) is 5.69 Å². The summed E-state index contributed by atoms with van der Waals surface area (Å²) >= 11 is 11.0. The predicted octanol–water partition coefficient (Wildman–Crippen LogP) is 2.65. The molecule has 16 heavy (non-hydrogen) atoms. The number of nitrogens with zero attached hydrogens (tertiary/aromatic N) is 1. The fraction of sp³-hybridized carbons (Fsp3) is 0.300. The number of ether oxygens (including phenoxy) is 1. The second-order valence-electron chi connectivity index (χ2n) is 2.64. The molecule has 0 aliphatic carbocycles. The van der Waals surface area contributed by atoms with E-state index >= 15 is 0 Å². The molecule has 0 amide bonds. The highest BCUT2D eigenvalue weighted by molar-refractivity contribution is 6.43. The van der Waals surface area contributed by atoms with Crippen molar-refractivity contribution in [3.05, 3.63) is 30.1 Å². The number of halogens is 2. The molecular weight excluding hydrogens is 253 g/mol. The number of carbonyl (C=O) groups is 2. The van der Waals surface area contributed by atoms with Gasteiger partial charge in [-0.15, -0.1) is 0 Å². The predicted molar refractivity (Wildman–Crippen MR) is 61.1 cm³/mol. The quantitative estimate of drug-likeness (QED) is 0.444. The van der Waals surface area contributed by atoms with Crippen LogP contribution in [0, 0.1) is 0 Å². The van der Waals surface area contributed by atoms with Crippen LogP contribution in [0.5, 0.6) is 0 Å². The minimum absolute atomic E-state index is 0.508. The number of hydrogen-bond acceptors (Lipinski definition) is 4. The standard InChI is InChI=1S/C6H5Cl2N.C4H6O3/c7-6(8)5-3-1-2-4-9-5;1-3(5)7-4(2)6/h1-4,6H;1-2H3. The zero-order chi connectivity index (χ0) is 12.6. The zero-order valence-electron chi connectivity index (χ0n) is 8.81. The summed E-state index contributed by atoms with van der Waals surface area (Å²) in [4.78, 5) is 23.0. The van der Waals surface area contributed by atoms with Gasteiger partial charge in [0.2, 0.25) is 0 Å². The molecular formula is C10H11Cl2NO3. The highest BCUT2D eigenvalue weighted by Gasteiger charge is 2.00. The van der Waals surface area contributed by atoms with Crippen molar-refractivity contribution in [3.8, 4) is 0 Å². The summed E-state index contributed by atoms with van der Waals surface area (Å²) in [5.74, 6) is -1.12. The van der Waals surface area contributed by atoms with E-state index in [1.165, 1.54) is 13.8 Å². The van der Waals surface area contributed by atoms with Gasteiger partial charge >= 0.3 is 11.9 Å². The van der Waals surface area contributed by atoms with Crippen molar-refractivity contribution in [2.45, 2.75) is 18.7 Å². The maximum atomic E-state index is 9.81. The topological polar surface area (TPSA) is 56.3 Å². The number of hydrogen-bond donors (Lipinski definition) is 0. The lowest BCUT2D eigenvalue weighted by atomic mass is 10.4. The van der Waals surface area contributed by atoms with E-state index in [4.69, 9.17) is 23.2 Å². The summed E-state index contributed by atoms with van der Waals surface area (Å²) in [6.07, 6.45) is 1.66. The molecule has 6 heteroatoms. The van der Waals surface area contributed by atoms with Crippen molar-refractivity contribution in [1.29, 1.82) is 0 Å². The fourth-order valence-corrected chi connectivity index (χ4v) is 0.966. The molecule has 0 spiro atoms. The minimum atomic E-state index is -0.562. The first-order valence-electron chi connectivity index (χ1n) is 4.31. The number of carbonyl (C=O) groups excluding carboxylic acids is 2. The van der Waals surface area contributed by atoms with E-state index in [9.17, 15) is 9.59 Å². The molecule has 1 aromatic heterocycles. The third kappa shape index (κ3) is 8.20. The van der Waals surface area contributed by atoms with Crippen molar-refractivity contribution < 1.29 is 14.3 Å². The van der Waals surface area contributed by atoms with Gasteiger partial charge in [-0.2, -0.15) is 0 Å². The van der Waals surface area contributed by atoms with E-state index in [1.807, 2.05) is 12.1 Å².